The van der Waals surface area contributed by atoms with Gasteiger partial charge in [0.2, 0.25) is 0 Å². The van der Waals surface area contributed by atoms with Crippen LogP contribution in [0.25, 0.3) is 0 Å². The number of anilines is 1. The number of hydrogen-bond acceptors (Lipinski definition) is 4. The van der Waals surface area contributed by atoms with Gasteiger partial charge in [-0.3, -0.25) is 10.1 Å². The quantitative estimate of drug-likeness (QED) is 0.657. The summed E-state index contributed by atoms with van der Waals surface area (Å²) in [6.07, 6.45) is 0. The molecule has 0 unspecified atom stereocenters. The average Bonchev–Trinajstić information content (AvgIpc) is 2.47. The Morgan fingerprint density at radius 3 is 2.52 bits per heavy atom. The summed E-state index contributed by atoms with van der Waals surface area (Å²) < 4.78 is 0. The molecule has 0 aliphatic carbocycles. The van der Waals surface area contributed by atoms with E-state index in [9.17, 15) is 10.1 Å². The fourth-order valence-corrected chi connectivity index (χ4v) is 2.31. The van der Waals surface area contributed by atoms with Crippen LogP contribution in [0, 0.1) is 10.1 Å². The van der Waals surface area contributed by atoms with Crippen molar-refractivity contribution in [1.29, 1.82) is 0 Å². The number of nitro benzene ring substituents is 1. The molecular formula is C15H16ClN3O2. The largest absolute Gasteiger partial charge is 0.360 e. The van der Waals surface area contributed by atoms with E-state index in [4.69, 9.17) is 17.3 Å². The smallest absolute Gasteiger partial charge is 0.292 e. The van der Waals surface area contributed by atoms with Crippen molar-refractivity contribution >= 4 is 23.0 Å². The zero-order chi connectivity index (χ0) is 15.2. The van der Waals surface area contributed by atoms with Gasteiger partial charge in [-0.25, -0.2) is 0 Å². The highest BCUT2D eigenvalue weighted by atomic mass is 35.5. The Balaban J connectivity index is 2.37. The third-order valence-corrected chi connectivity index (χ3v) is 3.33. The molecular weight excluding hydrogens is 290 g/mol. The summed E-state index contributed by atoms with van der Waals surface area (Å²) in [5.74, 6) is 0. The van der Waals surface area contributed by atoms with E-state index in [0.29, 0.717) is 30.3 Å². The number of nitro groups is 1. The SMILES string of the molecule is NCCN(Cc1ccccc1)c1cc(Cl)ccc1[N+](=O)[O-]. The van der Waals surface area contributed by atoms with Gasteiger partial charge >= 0.3 is 0 Å². The maximum atomic E-state index is 11.2. The lowest BCUT2D eigenvalue weighted by molar-refractivity contribution is -0.384. The average molecular weight is 306 g/mol. The fraction of sp³-hybridized carbons (Fsp3) is 0.200. The molecule has 2 rings (SSSR count). The van der Waals surface area contributed by atoms with E-state index >= 15 is 0 Å². The highest BCUT2D eigenvalue weighted by Crippen LogP contribution is 2.31. The Kier molecular flexibility index (Phi) is 5.14. The summed E-state index contributed by atoms with van der Waals surface area (Å²) in [6, 6.07) is 14.3. The minimum atomic E-state index is -0.403. The van der Waals surface area contributed by atoms with E-state index in [0.717, 1.165) is 5.56 Å². The molecule has 0 aliphatic rings. The molecule has 0 spiro atoms. The van der Waals surface area contributed by atoms with E-state index in [2.05, 4.69) is 0 Å². The van der Waals surface area contributed by atoms with Gasteiger partial charge < -0.3 is 10.6 Å². The summed E-state index contributed by atoms with van der Waals surface area (Å²) in [6.45, 7) is 1.45. The first kappa shape index (κ1) is 15.3. The first-order valence-corrected chi connectivity index (χ1v) is 6.92. The molecule has 0 atom stereocenters. The molecule has 0 aliphatic heterocycles. The van der Waals surface area contributed by atoms with Gasteiger partial charge in [0.15, 0.2) is 0 Å². The normalized spacial score (nSPS) is 10.4. The Hall–Kier alpha value is -2.11. The summed E-state index contributed by atoms with van der Waals surface area (Å²) >= 11 is 5.99. The van der Waals surface area contributed by atoms with Crippen LogP contribution in [0.1, 0.15) is 5.56 Å². The zero-order valence-electron chi connectivity index (χ0n) is 11.4. The van der Waals surface area contributed by atoms with Gasteiger partial charge in [-0.15, -0.1) is 0 Å². The highest BCUT2D eigenvalue weighted by molar-refractivity contribution is 6.31. The number of halogens is 1. The molecule has 110 valence electrons. The van der Waals surface area contributed by atoms with Gasteiger partial charge in [0.25, 0.3) is 5.69 Å². The number of hydrogen-bond donors (Lipinski definition) is 1. The first-order chi connectivity index (χ1) is 10.1. The van der Waals surface area contributed by atoms with Gasteiger partial charge in [0.1, 0.15) is 5.69 Å². The van der Waals surface area contributed by atoms with Gasteiger partial charge in [-0.05, 0) is 17.7 Å². The minimum absolute atomic E-state index is 0.0313. The minimum Gasteiger partial charge on any atom is -0.360 e. The third kappa shape index (κ3) is 3.93. The fourth-order valence-electron chi connectivity index (χ4n) is 2.15. The lowest BCUT2D eigenvalue weighted by atomic mass is 10.2. The number of benzene rings is 2. The lowest BCUT2D eigenvalue weighted by Crippen LogP contribution is -2.29. The molecule has 0 aromatic heterocycles. The van der Waals surface area contributed by atoms with Crippen LogP contribution in [0.2, 0.25) is 5.02 Å². The Labute approximate surface area is 128 Å². The molecule has 21 heavy (non-hydrogen) atoms. The number of nitrogens with two attached hydrogens (primary N) is 1. The molecule has 2 aromatic rings. The van der Waals surface area contributed by atoms with Crippen molar-refractivity contribution in [1.82, 2.24) is 0 Å². The second-order valence-electron chi connectivity index (χ2n) is 4.59. The van der Waals surface area contributed by atoms with Crippen LogP contribution in [-0.2, 0) is 6.54 Å². The summed E-state index contributed by atoms with van der Waals surface area (Å²) in [7, 11) is 0. The molecule has 6 heteroatoms. The van der Waals surface area contributed by atoms with Crippen LogP contribution in [-0.4, -0.2) is 18.0 Å². The molecule has 0 radical (unpaired) electrons. The first-order valence-electron chi connectivity index (χ1n) is 6.54. The van der Waals surface area contributed by atoms with Crippen LogP contribution in [0.4, 0.5) is 11.4 Å². The van der Waals surface area contributed by atoms with Crippen molar-refractivity contribution in [3.63, 3.8) is 0 Å². The maximum Gasteiger partial charge on any atom is 0.292 e. The lowest BCUT2D eigenvalue weighted by Gasteiger charge is -2.24. The predicted octanol–water partition coefficient (Wildman–Crippen LogP) is 3.21. The van der Waals surface area contributed by atoms with E-state index in [1.807, 2.05) is 35.2 Å². The number of nitrogens with zero attached hydrogens (tertiary/aromatic N) is 2. The number of rotatable bonds is 6. The summed E-state index contributed by atoms with van der Waals surface area (Å²) in [5.41, 5.74) is 7.21. The van der Waals surface area contributed by atoms with E-state index < -0.39 is 4.92 Å². The predicted molar refractivity (Wildman–Crippen MR) is 84.7 cm³/mol. The molecule has 0 bridgehead atoms. The van der Waals surface area contributed by atoms with Crippen LogP contribution < -0.4 is 10.6 Å². The monoisotopic (exact) mass is 305 g/mol. The van der Waals surface area contributed by atoms with Crippen LogP contribution in [0.15, 0.2) is 48.5 Å². The van der Waals surface area contributed by atoms with Crippen molar-refractivity contribution in [3.05, 3.63) is 69.2 Å². The van der Waals surface area contributed by atoms with Crippen LogP contribution in [0.5, 0.6) is 0 Å². The molecule has 0 fully saturated rings. The van der Waals surface area contributed by atoms with Gasteiger partial charge in [-0.2, -0.15) is 0 Å². The van der Waals surface area contributed by atoms with Crippen molar-refractivity contribution in [2.24, 2.45) is 5.73 Å². The van der Waals surface area contributed by atoms with E-state index in [1.165, 1.54) is 12.1 Å². The second-order valence-corrected chi connectivity index (χ2v) is 5.02. The van der Waals surface area contributed by atoms with Crippen LogP contribution in [0.3, 0.4) is 0 Å². The Bertz CT molecular complexity index is 620. The van der Waals surface area contributed by atoms with Gasteiger partial charge in [-0.1, -0.05) is 41.9 Å². The Morgan fingerprint density at radius 2 is 1.90 bits per heavy atom. The van der Waals surface area contributed by atoms with E-state index in [1.54, 1.807) is 6.07 Å². The summed E-state index contributed by atoms with van der Waals surface area (Å²) in [5, 5.41) is 11.7. The maximum absolute atomic E-state index is 11.2. The molecule has 2 N–H and O–H groups in total. The summed E-state index contributed by atoms with van der Waals surface area (Å²) in [4.78, 5) is 12.7. The molecule has 2 aromatic carbocycles. The second kappa shape index (κ2) is 7.06. The molecule has 0 saturated carbocycles. The van der Waals surface area contributed by atoms with Crippen LogP contribution >= 0.6 is 11.6 Å². The molecule has 0 saturated heterocycles. The van der Waals surface area contributed by atoms with E-state index in [-0.39, 0.29) is 5.69 Å². The zero-order valence-corrected chi connectivity index (χ0v) is 12.2. The molecule has 0 heterocycles. The Morgan fingerprint density at radius 1 is 1.19 bits per heavy atom. The van der Waals surface area contributed by atoms with Crippen molar-refractivity contribution in [2.75, 3.05) is 18.0 Å². The van der Waals surface area contributed by atoms with Crippen molar-refractivity contribution in [3.8, 4) is 0 Å². The topological polar surface area (TPSA) is 72.4 Å². The molecule has 0 amide bonds. The van der Waals surface area contributed by atoms with Crippen molar-refractivity contribution < 1.29 is 4.92 Å². The highest BCUT2D eigenvalue weighted by Gasteiger charge is 2.19. The van der Waals surface area contributed by atoms with Gasteiger partial charge in [0, 0.05) is 30.7 Å². The third-order valence-electron chi connectivity index (χ3n) is 3.09. The van der Waals surface area contributed by atoms with Gasteiger partial charge in [0.05, 0.1) is 4.92 Å². The molecule has 5 nitrogen and oxygen atoms in total. The standard InChI is InChI=1S/C15H16ClN3O2/c16-13-6-7-14(19(20)21)15(10-13)18(9-8-17)11-12-4-2-1-3-5-12/h1-7,10H,8-9,11,17H2. The van der Waals surface area contributed by atoms with Crippen molar-refractivity contribution in [2.45, 2.75) is 6.54 Å².